The summed E-state index contributed by atoms with van der Waals surface area (Å²) in [6, 6.07) is 10.8. The fraction of sp³-hybridized carbons (Fsp3) is 0.365. The third kappa shape index (κ3) is 10.9. The molecule has 14 rings (SSSR count). The maximum atomic E-state index is 15.2. The molecule has 8 aromatic rings. The molecule has 4 aliphatic carbocycles. The number of benzene rings is 2. The van der Waals surface area contributed by atoms with E-state index in [1.165, 1.54) is 43.2 Å². The number of amides is 2. The number of nitrogen functional groups attached to an aromatic ring is 2. The third-order valence-corrected chi connectivity index (χ3v) is 18.0. The van der Waals surface area contributed by atoms with Crippen LogP contribution in [0.3, 0.4) is 0 Å². The fourth-order valence-electron chi connectivity index (χ4n) is 12.4. The summed E-state index contributed by atoms with van der Waals surface area (Å²) in [5.74, 6) is -3.51. The van der Waals surface area contributed by atoms with Gasteiger partial charge in [0.15, 0.2) is 22.9 Å². The predicted octanol–water partition coefficient (Wildman–Crippen LogP) is 10.2. The Balaban J connectivity index is 0.000000164. The molecule has 458 valence electrons. The summed E-state index contributed by atoms with van der Waals surface area (Å²) >= 11 is 13.6. The molecule has 6 aliphatic rings. The number of aromatic nitrogens is 10. The van der Waals surface area contributed by atoms with E-state index in [4.69, 9.17) is 44.6 Å². The molecule has 0 radical (unpaired) electrons. The molecular weight excluding hydrogens is 1190 g/mol. The average molecular weight is 1250 g/mol. The molecule has 89 heavy (non-hydrogen) atoms. The lowest BCUT2D eigenvalue weighted by molar-refractivity contribution is -0.131. The van der Waals surface area contributed by atoms with Crippen molar-refractivity contribution in [3.8, 4) is 33.9 Å². The van der Waals surface area contributed by atoms with Crippen LogP contribution in [0.2, 0.25) is 10.0 Å². The molecule has 0 unspecified atom stereocenters. The van der Waals surface area contributed by atoms with Gasteiger partial charge in [0.25, 0.3) is 11.8 Å². The van der Waals surface area contributed by atoms with Gasteiger partial charge in [-0.3, -0.25) is 9.59 Å². The van der Waals surface area contributed by atoms with Crippen molar-refractivity contribution in [2.75, 3.05) is 54.0 Å². The van der Waals surface area contributed by atoms with Crippen molar-refractivity contribution in [1.82, 2.24) is 58.8 Å². The number of fused-ring (bicyclic) bond motifs is 2. The van der Waals surface area contributed by atoms with E-state index in [1.54, 1.807) is 43.8 Å². The number of carbonyl (C=O) groups is 2. The molecule has 2 aromatic carbocycles. The van der Waals surface area contributed by atoms with Crippen LogP contribution in [0.15, 0.2) is 95.6 Å². The van der Waals surface area contributed by atoms with Gasteiger partial charge < -0.3 is 31.1 Å². The van der Waals surface area contributed by atoms with Gasteiger partial charge in [-0.15, -0.1) is 0 Å². The lowest BCUT2D eigenvalue weighted by atomic mass is 10.1. The van der Waals surface area contributed by atoms with Crippen LogP contribution in [0.1, 0.15) is 119 Å². The highest BCUT2D eigenvalue weighted by atomic mass is 35.5. The van der Waals surface area contributed by atoms with E-state index >= 15 is 8.78 Å². The molecular formula is C63H60Cl2F4N16O4. The first-order chi connectivity index (χ1) is 42.7. The zero-order valence-corrected chi connectivity index (χ0v) is 50.2. The number of carbonyl (C=O) groups excluding carboxylic acids is 2. The van der Waals surface area contributed by atoms with Gasteiger partial charge in [0.2, 0.25) is 0 Å². The van der Waals surface area contributed by atoms with E-state index in [0.717, 1.165) is 74.1 Å². The molecule has 2 aliphatic heterocycles. The highest BCUT2D eigenvalue weighted by molar-refractivity contribution is 6.34. The van der Waals surface area contributed by atoms with Crippen LogP contribution in [0.5, 0.6) is 0 Å². The Morgan fingerprint density at radius 3 is 1.34 bits per heavy atom. The van der Waals surface area contributed by atoms with Crippen molar-refractivity contribution in [2.24, 2.45) is 0 Å². The van der Waals surface area contributed by atoms with Gasteiger partial charge >= 0.3 is 11.4 Å². The van der Waals surface area contributed by atoms with Crippen LogP contribution in [0, 0.1) is 11.6 Å². The molecule has 3 atom stereocenters. The second kappa shape index (κ2) is 22.9. The third-order valence-electron chi connectivity index (χ3n) is 17.4. The fourth-order valence-corrected chi connectivity index (χ4v) is 12.9. The molecule has 20 nitrogen and oxygen atoms in total. The molecule has 6 aromatic heterocycles. The van der Waals surface area contributed by atoms with Crippen molar-refractivity contribution in [1.29, 1.82) is 0 Å². The second-order valence-corrected chi connectivity index (χ2v) is 24.7. The SMILES string of the molecule is C=C(F)C(=O)N1CCN(c2nc(=O)n(-c3c(C4CC4)ncnc3C3CC3)c3nc(-c4c(N)cccc4F)c(Cl)cc23)[C@@H](C)C1.C=C(F)C(=O)N1C[C@H](C)N(c2nc(=O)n(-c3c(C4CC4)ncnc3C3CC3)c3nc(-c4c(N)cccc4F)c(Cl)cc23)C[C@H]1C. The Kier molecular flexibility index (Phi) is 15.2. The molecule has 8 heterocycles. The molecule has 0 bridgehead atoms. The second-order valence-electron chi connectivity index (χ2n) is 23.9. The van der Waals surface area contributed by atoms with Crippen LogP contribution in [-0.4, -0.2) is 121 Å². The molecule has 2 saturated heterocycles. The number of pyridine rings is 2. The van der Waals surface area contributed by atoms with Crippen molar-refractivity contribution in [2.45, 2.75) is 114 Å². The van der Waals surface area contributed by atoms with Gasteiger partial charge in [-0.2, -0.15) is 9.97 Å². The van der Waals surface area contributed by atoms with Gasteiger partial charge in [0.05, 0.1) is 77.5 Å². The smallest absolute Gasteiger partial charge is 0.355 e. The summed E-state index contributed by atoms with van der Waals surface area (Å²) in [5, 5.41) is 1.12. The molecule has 26 heteroatoms. The number of rotatable bonds is 12. The van der Waals surface area contributed by atoms with E-state index < -0.39 is 52.5 Å². The molecule has 4 saturated carbocycles. The van der Waals surface area contributed by atoms with Gasteiger partial charge in [-0.1, -0.05) is 48.5 Å². The Morgan fingerprint density at radius 1 is 0.551 bits per heavy atom. The molecule has 4 N–H and O–H groups in total. The summed E-state index contributed by atoms with van der Waals surface area (Å²) in [4.78, 5) is 97.2. The van der Waals surface area contributed by atoms with E-state index in [-0.39, 0.29) is 124 Å². The summed E-state index contributed by atoms with van der Waals surface area (Å²) in [7, 11) is 0. The first-order valence-electron chi connectivity index (χ1n) is 29.6. The number of hydrogen-bond donors (Lipinski definition) is 2. The standard InChI is InChI=1S/C32H31ClF2N8O2.C31H29ClF2N8O2/c1-15-13-42(31(44)17(3)34)16(2)12-41(15)29-20-11-21(33)27(24-22(35)5-4-6-23(24)36)39-30(20)43(32(45)40-29)28-25(18-7-8-18)37-14-38-26(28)19-9-10-19;1-15-13-40(30(43)16(2)33)10-11-41(15)28-19-12-20(32)26(23-21(34)4-3-5-22(23)35)38-29(19)42(31(44)39-28)27-24(17-6-7-17)36-14-37-25(27)18-8-9-18/h4-6,11,14-16,18-19H,3,7-10,12-13,36H2,1-2H3;3-5,12,14-15,17-18H,2,6-11,13,35H2,1H3/t15-,16+;15-/m00/s1. The minimum absolute atomic E-state index is 0.0245. The highest BCUT2D eigenvalue weighted by Gasteiger charge is 2.41. The topological polar surface area (TPSA) is 246 Å². The van der Waals surface area contributed by atoms with E-state index in [1.807, 2.05) is 23.6 Å². The Bertz CT molecular complexity index is 4340. The first kappa shape index (κ1) is 59.1. The number of nitrogens with two attached hydrogens (primary N) is 2. The van der Waals surface area contributed by atoms with Crippen molar-refractivity contribution in [3.63, 3.8) is 0 Å². The lowest BCUT2D eigenvalue weighted by Gasteiger charge is -2.44. The van der Waals surface area contributed by atoms with Crippen molar-refractivity contribution < 1.29 is 27.2 Å². The monoisotopic (exact) mass is 1250 g/mol. The summed E-state index contributed by atoms with van der Waals surface area (Å²) < 4.78 is 60.8. The number of hydrogen-bond acceptors (Lipinski definition) is 16. The number of anilines is 4. The summed E-state index contributed by atoms with van der Waals surface area (Å²) in [6.45, 7) is 12.9. The Morgan fingerprint density at radius 2 is 0.955 bits per heavy atom. The Labute approximate surface area is 517 Å². The number of halogens is 6. The van der Waals surface area contributed by atoms with Gasteiger partial charge in [-0.05, 0) is 109 Å². The van der Waals surface area contributed by atoms with Crippen LogP contribution in [-0.2, 0) is 9.59 Å². The van der Waals surface area contributed by atoms with Gasteiger partial charge in [0, 0.05) is 85.9 Å². The van der Waals surface area contributed by atoms with Gasteiger partial charge in [0.1, 0.15) is 35.9 Å². The summed E-state index contributed by atoms with van der Waals surface area (Å²) in [5.41, 5.74) is 16.3. The van der Waals surface area contributed by atoms with E-state index in [2.05, 4.69) is 43.1 Å². The first-order valence-corrected chi connectivity index (χ1v) is 30.3. The largest absolute Gasteiger partial charge is 0.398 e. The van der Waals surface area contributed by atoms with Crippen molar-refractivity contribution >= 4 is 80.1 Å². The van der Waals surface area contributed by atoms with Gasteiger partial charge in [-0.25, -0.2) is 66.2 Å². The minimum Gasteiger partial charge on any atom is -0.398 e. The van der Waals surface area contributed by atoms with Crippen molar-refractivity contribution in [3.05, 3.63) is 151 Å². The Hall–Kier alpha value is -8.90. The van der Waals surface area contributed by atoms with Crippen LogP contribution in [0.25, 0.3) is 56.0 Å². The van der Waals surface area contributed by atoms with E-state index in [9.17, 15) is 28.0 Å². The normalized spacial score (nSPS) is 19.4. The number of piperazine rings is 2. The highest BCUT2D eigenvalue weighted by Crippen LogP contribution is 2.50. The maximum absolute atomic E-state index is 15.2. The maximum Gasteiger partial charge on any atom is 0.355 e. The predicted molar refractivity (Wildman–Crippen MR) is 331 cm³/mol. The quantitative estimate of drug-likeness (QED) is 0.0656. The lowest BCUT2D eigenvalue weighted by Crippen LogP contribution is -2.58. The zero-order valence-electron chi connectivity index (χ0n) is 48.7. The zero-order chi connectivity index (χ0) is 62.6. The molecule has 6 fully saturated rings. The van der Waals surface area contributed by atoms with Crippen LogP contribution in [0.4, 0.5) is 40.6 Å². The number of nitrogens with zero attached hydrogens (tertiary/aromatic N) is 14. The van der Waals surface area contributed by atoms with Crippen LogP contribution < -0.4 is 32.6 Å². The molecule has 2 amide bonds. The minimum atomic E-state index is -1.03. The molecule has 0 spiro atoms. The van der Waals surface area contributed by atoms with E-state index in [0.29, 0.717) is 33.8 Å². The van der Waals surface area contributed by atoms with Crippen LogP contribution >= 0.6 is 23.2 Å². The average Bonchev–Trinajstić information content (AvgIpc) is 1.18. The summed E-state index contributed by atoms with van der Waals surface area (Å²) in [6.07, 6.45) is 10.6.